The van der Waals surface area contributed by atoms with E-state index in [0.29, 0.717) is 16.7 Å². The number of aliphatic carboxylic acids is 1. The van der Waals surface area contributed by atoms with Crippen molar-refractivity contribution < 1.29 is 22.8 Å². The zero-order chi connectivity index (χ0) is 17.0. The highest BCUT2D eigenvalue weighted by atomic mass is 32.2. The van der Waals surface area contributed by atoms with Crippen molar-refractivity contribution in [2.24, 2.45) is 0 Å². The van der Waals surface area contributed by atoms with Crippen molar-refractivity contribution in [3.63, 3.8) is 0 Å². The number of hydrogen-bond donors (Lipinski definition) is 3. The Morgan fingerprint density at radius 1 is 1.23 bits per heavy atom. The van der Waals surface area contributed by atoms with Gasteiger partial charge in [-0.05, 0) is 19.1 Å². The number of rotatable bonds is 8. The van der Waals surface area contributed by atoms with Crippen molar-refractivity contribution >= 4 is 21.9 Å². The zero-order valence-corrected chi connectivity index (χ0v) is 14.1. The standard InChI is InChI=1S/C14H23N3O4S/c1-11-5-7-12(8-6-11)15-22(20,21)16-13(9-14(18)19)10-17(2,3)4/h5-8,13,15-16H,9-10H2,1-4H3/p+1/t13-/m1/s1. The highest BCUT2D eigenvalue weighted by molar-refractivity contribution is 7.90. The van der Waals surface area contributed by atoms with Gasteiger partial charge in [0.05, 0.1) is 40.2 Å². The summed E-state index contributed by atoms with van der Waals surface area (Å²) in [5.41, 5.74) is 1.45. The van der Waals surface area contributed by atoms with Gasteiger partial charge in [0.15, 0.2) is 0 Å². The summed E-state index contributed by atoms with van der Waals surface area (Å²) in [6.45, 7) is 2.27. The van der Waals surface area contributed by atoms with E-state index in [1.54, 1.807) is 24.3 Å². The lowest BCUT2D eigenvalue weighted by Gasteiger charge is -2.29. The van der Waals surface area contributed by atoms with Gasteiger partial charge in [0.1, 0.15) is 0 Å². The largest absolute Gasteiger partial charge is 0.481 e. The van der Waals surface area contributed by atoms with Gasteiger partial charge < -0.3 is 9.59 Å². The van der Waals surface area contributed by atoms with Gasteiger partial charge in [-0.15, -0.1) is 0 Å². The predicted octanol–water partition coefficient (Wildman–Crippen LogP) is 0.791. The molecule has 0 spiro atoms. The number of carboxylic acid groups (broad SMARTS) is 1. The molecule has 0 saturated heterocycles. The van der Waals surface area contributed by atoms with Crippen LogP contribution in [0.5, 0.6) is 0 Å². The summed E-state index contributed by atoms with van der Waals surface area (Å²) in [5, 5.41) is 8.94. The average molecular weight is 330 g/mol. The minimum absolute atomic E-state index is 0.273. The molecular formula is C14H24N3O4S+. The molecule has 0 heterocycles. The lowest BCUT2D eigenvalue weighted by Crippen LogP contribution is -2.50. The molecule has 0 saturated carbocycles. The molecule has 0 bridgehead atoms. The molecule has 1 aromatic carbocycles. The van der Waals surface area contributed by atoms with Gasteiger partial charge in [-0.3, -0.25) is 9.52 Å². The number of hydrogen-bond acceptors (Lipinski definition) is 3. The van der Waals surface area contributed by atoms with Crippen molar-refractivity contribution in [2.45, 2.75) is 19.4 Å². The fourth-order valence-electron chi connectivity index (χ4n) is 2.04. The van der Waals surface area contributed by atoms with Crippen LogP contribution in [0.4, 0.5) is 5.69 Å². The molecule has 1 rings (SSSR count). The van der Waals surface area contributed by atoms with Crippen molar-refractivity contribution in [1.29, 1.82) is 0 Å². The number of anilines is 1. The normalized spacial score (nSPS) is 13.6. The maximum absolute atomic E-state index is 12.1. The van der Waals surface area contributed by atoms with E-state index < -0.39 is 22.2 Å². The molecule has 8 heteroatoms. The number of carbonyl (C=O) groups is 1. The van der Waals surface area contributed by atoms with Gasteiger partial charge in [-0.1, -0.05) is 17.7 Å². The Morgan fingerprint density at radius 3 is 2.23 bits per heavy atom. The third-order valence-electron chi connectivity index (χ3n) is 2.81. The van der Waals surface area contributed by atoms with Crippen LogP contribution in [0.3, 0.4) is 0 Å². The molecule has 1 atom stereocenters. The molecule has 3 N–H and O–H groups in total. The van der Waals surface area contributed by atoms with Crippen molar-refractivity contribution in [1.82, 2.24) is 4.72 Å². The minimum atomic E-state index is -3.84. The van der Waals surface area contributed by atoms with E-state index >= 15 is 0 Å². The van der Waals surface area contributed by atoms with E-state index in [0.717, 1.165) is 5.56 Å². The molecule has 7 nitrogen and oxygen atoms in total. The molecule has 0 aromatic heterocycles. The summed E-state index contributed by atoms with van der Waals surface area (Å²) < 4.78 is 29.5. The van der Waals surface area contributed by atoms with Crippen molar-refractivity contribution in [3.8, 4) is 0 Å². The first-order valence-electron chi connectivity index (χ1n) is 6.86. The third kappa shape index (κ3) is 7.39. The van der Waals surface area contributed by atoms with Crippen LogP contribution >= 0.6 is 0 Å². The summed E-state index contributed by atoms with van der Waals surface area (Å²) >= 11 is 0. The number of carboxylic acids is 1. The maximum atomic E-state index is 12.1. The number of benzene rings is 1. The van der Waals surface area contributed by atoms with Crippen molar-refractivity contribution in [2.75, 3.05) is 32.4 Å². The first-order chi connectivity index (χ1) is 9.97. The Hall–Kier alpha value is -1.64. The van der Waals surface area contributed by atoms with Crippen LogP contribution in [0.1, 0.15) is 12.0 Å². The number of nitrogens with zero attached hydrogens (tertiary/aromatic N) is 1. The molecule has 1 aromatic rings. The minimum Gasteiger partial charge on any atom is -0.481 e. The molecule has 0 aliphatic heterocycles. The second-order valence-electron chi connectivity index (χ2n) is 6.36. The molecule has 0 amide bonds. The number of quaternary nitrogens is 1. The monoisotopic (exact) mass is 330 g/mol. The molecule has 0 fully saturated rings. The van der Waals surface area contributed by atoms with Crippen LogP contribution in [0, 0.1) is 6.92 Å². The highest BCUT2D eigenvalue weighted by Crippen LogP contribution is 2.11. The highest BCUT2D eigenvalue weighted by Gasteiger charge is 2.25. The van der Waals surface area contributed by atoms with Crippen LogP contribution in [-0.4, -0.2) is 57.7 Å². The van der Waals surface area contributed by atoms with Gasteiger partial charge >= 0.3 is 5.97 Å². The van der Waals surface area contributed by atoms with E-state index in [-0.39, 0.29) is 6.42 Å². The second kappa shape index (κ2) is 7.08. The van der Waals surface area contributed by atoms with Gasteiger partial charge in [0.25, 0.3) is 10.2 Å². The predicted molar refractivity (Wildman–Crippen MR) is 85.8 cm³/mol. The summed E-state index contributed by atoms with van der Waals surface area (Å²) in [6.07, 6.45) is -0.273. The summed E-state index contributed by atoms with van der Waals surface area (Å²) in [4.78, 5) is 10.9. The Balaban J connectivity index is 2.80. The average Bonchev–Trinajstić information content (AvgIpc) is 2.27. The molecular weight excluding hydrogens is 306 g/mol. The lowest BCUT2D eigenvalue weighted by atomic mass is 10.2. The Labute approximate surface area is 131 Å². The van der Waals surface area contributed by atoms with Gasteiger partial charge in [-0.25, -0.2) is 0 Å². The summed E-state index contributed by atoms with van der Waals surface area (Å²) in [7, 11) is 1.78. The molecule has 0 aliphatic carbocycles. The van der Waals surface area contributed by atoms with Crippen LogP contribution in [0.15, 0.2) is 24.3 Å². The van der Waals surface area contributed by atoms with Crippen molar-refractivity contribution in [3.05, 3.63) is 29.8 Å². The van der Waals surface area contributed by atoms with Gasteiger partial charge in [0, 0.05) is 5.69 Å². The maximum Gasteiger partial charge on any atom is 0.305 e. The summed E-state index contributed by atoms with van der Waals surface area (Å²) in [6, 6.07) is 6.19. The van der Waals surface area contributed by atoms with E-state index in [1.165, 1.54) is 0 Å². The van der Waals surface area contributed by atoms with E-state index in [1.807, 2.05) is 28.1 Å². The van der Waals surface area contributed by atoms with Gasteiger partial charge in [0.2, 0.25) is 0 Å². The van der Waals surface area contributed by atoms with Gasteiger partial charge in [-0.2, -0.15) is 13.1 Å². The first kappa shape index (κ1) is 18.4. The number of aryl methyl sites for hydroxylation is 1. The van der Waals surface area contributed by atoms with Crippen LogP contribution in [0.25, 0.3) is 0 Å². The molecule has 0 unspecified atom stereocenters. The van der Waals surface area contributed by atoms with E-state index in [4.69, 9.17) is 5.11 Å². The smallest absolute Gasteiger partial charge is 0.305 e. The fourth-order valence-corrected chi connectivity index (χ4v) is 3.14. The molecule has 124 valence electrons. The fraction of sp³-hybridized carbons (Fsp3) is 0.500. The number of nitrogens with one attached hydrogen (secondary N) is 2. The third-order valence-corrected chi connectivity index (χ3v) is 3.96. The summed E-state index contributed by atoms with van der Waals surface area (Å²) in [5.74, 6) is -1.04. The molecule has 0 radical (unpaired) electrons. The lowest BCUT2D eigenvalue weighted by molar-refractivity contribution is -0.871. The quantitative estimate of drug-likeness (QED) is 0.614. The van der Waals surface area contributed by atoms with E-state index in [9.17, 15) is 13.2 Å². The SMILES string of the molecule is Cc1ccc(NS(=O)(=O)N[C@H](CC(=O)O)C[N+](C)(C)C)cc1. The van der Waals surface area contributed by atoms with E-state index in [2.05, 4.69) is 9.44 Å². The number of likely N-dealkylation sites (N-methyl/N-ethyl adjacent to an activating group) is 1. The zero-order valence-electron chi connectivity index (χ0n) is 13.3. The topological polar surface area (TPSA) is 95.5 Å². The van der Waals surface area contributed by atoms with Crippen LogP contribution in [0.2, 0.25) is 0 Å². The Kier molecular flexibility index (Phi) is 5.92. The Morgan fingerprint density at radius 2 is 1.77 bits per heavy atom. The molecule has 0 aliphatic rings. The van der Waals surface area contributed by atoms with Crippen LogP contribution in [-0.2, 0) is 15.0 Å². The first-order valence-corrected chi connectivity index (χ1v) is 8.34. The molecule has 22 heavy (non-hydrogen) atoms. The second-order valence-corrected chi connectivity index (χ2v) is 7.80. The Bertz CT molecular complexity index is 606. The van der Waals surface area contributed by atoms with Crippen LogP contribution < -0.4 is 9.44 Å².